The van der Waals surface area contributed by atoms with Gasteiger partial charge < -0.3 is 10.1 Å². The van der Waals surface area contributed by atoms with Crippen molar-refractivity contribution in [1.82, 2.24) is 5.32 Å². The third-order valence-electron chi connectivity index (χ3n) is 1.84. The van der Waals surface area contributed by atoms with Crippen LogP contribution < -0.4 is 5.32 Å². The highest BCUT2D eigenvalue weighted by molar-refractivity contribution is 7.07. The van der Waals surface area contributed by atoms with Crippen LogP contribution in [0.5, 0.6) is 0 Å². The van der Waals surface area contributed by atoms with E-state index in [-0.39, 0.29) is 12.2 Å². The second-order valence-corrected chi connectivity index (χ2v) is 3.45. The molecule has 0 spiro atoms. The van der Waals surface area contributed by atoms with Gasteiger partial charge in [-0.25, -0.2) is 4.79 Å². The zero-order chi connectivity index (χ0) is 8.39. The monoisotopic (exact) mass is 183 g/mol. The summed E-state index contributed by atoms with van der Waals surface area (Å²) >= 11 is 1.62. The van der Waals surface area contributed by atoms with Crippen LogP contribution in [0.25, 0.3) is 0 Å². The summed E-state index contributed by atoms with van der Waals surface area (Å²) in [4.78, 5) is 10.8. The van der Waals surface area contributed by atoms with Gasteiger partial charge in [0.2, 0.25) is 0 Å². The summed E-state index contributed by atoms with van der Waals surface area (Å²) < 4.78 is 5.09. The Hall–Kier alpha value is -1.03. The first-order valence-electron chi connectivity index (χ1n) is 3.83. The molecule has 1 aromatic rings. The molecule has 0 radical (unpaired) electrons. The molecule has 1 atom stereocenters. The highest BCUT2D eigenvalue weighted by Gasteiger charge is 2.21. The van der Waals surface area contributed by atoms with Crippen molar-refractivity contribution in [3.8, 4) is 0 Å². The van der Waals surface area contributed by atoms with E-state index in [0.29, 0.717) is 6.54 Å². The van der Waals surface area contributed by atoms with Crippen LogP contribution in [0.4, 0.5) is 4.79 Å². The molecule has 64 valence electrons. The number of alkyl carbamates (subject to hydrolysis) is 1. The molecule has 4 heteroatoms. The molecule has 3 nitrogen and oxygen atoms in total. The van der Waals surface area contributed by atoms with E-state index < -0.39 is 0 Å². The van der Waals surface area contributed by atoms with Crippen LogP contribution in [0.2, 0.25) is 0 Å². The van der Waals surface area contributed by atoms with E-state index in [1.165, 1.54) is 0 Å². The number of amides is 1. The number of hydrogen-bond acceptors (Lipinski definition) is 3. The number of hydrogen-bond donors (Lipinski definition) is 1. The molecule has 2 heterocycles. The van der Waals surface area contributed by atoms with Crippen molar-refractivity contribution in [1.29, 1.82) is 0 Å². The van der Waals surface area contributed by atoms with Crippen LogP contribution >= 0.6 is 11.3 Å². The Morgan fingerprint density at radius 2 is 2.58 bits per heavy atom. The minimum absolute atomic E-state index is 0.0370. The van der Waals surface area contributed by atoms with E-state index in [4.69, 9.17) is 4.74 Å². The standard InChI is InChI=1S/C8H9NO2S/c10-8-9-3-1-7(11-8)6-2-4-12-5-6/h2,4-5,7H,1,3H2,(H,9,10)/t7-/m1/s1. The van der Waals surface area contributed by atoms with E-state index in [0.717, 1.165) is 12.0 Å². The Morgan fingerprint density at radius 1 is 1.67 bits per heavy atom. The Balaban J connectivity index is 2.09. The summed E-state index contributed by atoms with van der Waals surface area (Å²) in [5.74, 6) is 0. The van der Waals surface area contributed by atoms with Crippen molar-refractivity contribution in [2.45, 2.75) is 12.5 Å². The predicted octanol–water partition coefficient (Wildman–Crippen LogP) is 1.92. The van der Waals surface area contributed by atoms with Crippen LogP contribution in [-0.2, 0) is 4.74 Å². The van der Waals surface area contributed by atoms with Gasteiger partial charge in [0.25, 0.3) is 0 Å². The van der Waals surface area contributed by atoms with Gasteiger partial charge in [-0.2, -0.15) is 11.3 Å². The molecule has 0 bridgehead atoms. The van der Waals surface area contributed by atoms with Gasteiger partial charge in [0, 0.05) is 18.5 Å². The number of cyclic esters (lactones) is 1. The molecule has 1 aliphatic rings. The summed E-state index contributed by atoms with van der Waals surface area (Å²) in [5.41, 5.74) is 1.11. The maximum absolute atomic E-state index is 10.8. The second-order valence-electron chi connectivity index (χ2n) is 2.67. The fourth-order valence-corrected chi connectivity index (χ4v) is 1.93. The molecule has 0 saturated carbocycles. The zero-order valence-corrected chi connectivity index (χ0v) is 7.26. The van der Waals surface area contributed by atoms with Crippen LogP contribution in [0, 0.1) is 0 Å². The minimum atomic E-state index is -0.308. The van der Waals surface area contributed by atoms with Gasteiger partial charge in [-0.15, -0.1) is 0 Å². The largest absolute Gasteiger partial charge is 0.441 e. The molecule has 0 aliphatic carbocycles. The first-order chi connectivity index (χ1) is 5.86. The van der Waals surface area contributed by atoms with Crippen molar-refractivity contribution in [2.24, 2.45) is 0 Å². The Labute approximate surface area is 74.4 Å². The molecule has 2 rings (SSSR count). The third kappa shape index (κ3) is 1.43. The molecule has 1 saturated heterocycles. The van der Waals surface area contributed by atoms with Gasteiger partial charge in [0.1, 0.15) is 6.10 Å². The number of thiophene rings is 1. The van der Waals surface area contributed by atoms with Crippen LogP contribution in [-0.4, -0.2) is 12.6 Å². The average molecular weight is 183 g/mol. The second kappa shape index (κ2) is 3.15. The SMILES string of the molecule is O=C1NCC[C@H](c2ccsc2)O1. The van der Waals surface area contributed by atoms with Crippen LogP contribution in [0.1, 0.15) is 18.1 Å². The van der Waals surface area contributed by atoms with Gasteiger partial charge in [-0.3, -0.25) is 0 Å². The lowest BCUT2D eigenvalue weighted by molar-refractivity contribution is 0.0741. The van der Waals surface area contributed by atoms with Crippen molar-refractivity contribution in [3.05, 3.63) is 22.4 Å². The van der Waals surface area contributed by atoms with E-state index in [2.05, 4.69) is 5.32 Å². The fourth-order valence-electron chi connectivity index (χ4n) is 1.23. The lowest BCUT2D eigenvalue weighted by Gasteiger charge is -2.22. The molecular weight excluding hydrogens is 174 g/mol. The Bertz CT molecular complexity index is 271. The highest BCUT2D eigenvalue weighted by atomic mass is 32.1. The first-order valence-corrected chi connectivity index (χ1v) is 4.77. The number of rotatable bonds is 1. The number of carbonyl (C=O) groups excluding carboxylic acids is 1. The summed E-state index contributed by atoms with van der Waals surface area (Å²) in [6, 6.07) is 1.99. The summed E-state index contributed by atoms with van der Waals surface area (Å²) in [6.45, 7) is 0.708. The van der Waals surface area contributed by atoms with Gasteiger partial charge in [0.05, 0.1) is 0 Å². The predicted molar refractivity (Wildman–Crippen MR) is 46.2 cm³/mol. The van der Waals surface area contributed by atoms with E-state index in [1.54, 1.807) is 11.3 Å². The molecule has 1 aromatic heterocycles. The zero-order valence-electron chi connectivity index (χ0n) is 6.45. The van der Waals surface area contributed by atoms with E-state index in [9.17, 15) is 4.79 Å². The molecule has 1 fully saturated rings. The van der Waals surface area contributed by atoms with Gasteiger partial charge in [0.15, 0.2) is 0 Å². The van der Waals surface area contributed by atoms with Crippen molar-refractivity contribution in [2.75, 3.05) is 6.54 Å². The molecular formula is C8H9NO2S. The number of carbonyl (C=O) groups is 1. The quantitative estimate of drug-likeness (QED) is 0.722. The average Bonchev–Trinajstić information content (AvgIpc) is 2.56. The molecule has 1 N–H and O–H groups in total. The number of ether oxygens (including phenoxy) is 1. The maximum Gasteiger partial charge on any atom is 0.407 e. The van der Waals surface area contributed by atoms with Gasteiger partial charge >= 0.3 is 6.09 Å². The minimum Gasteiger partial charge on any atom is -0.441 e. The van der Waals surface area contributed by atoms with Crippen molar-refractivity contribution < 1.29 is 9.53 Å². The number of nitrogens with one attached hydrogen (secondary N) is 1. The molecule has 12 heavy (non-hydrogen) atoms. The van der Waals surface area contributed by atoms with Gasteiger partial charge in [-0.05, 0) is 16.8 Å². The molecule has 1 aliphatic heterocycles. The fraction of sp³-hybridized carbons (Fsp3) is 0.375. The van der Waals surface area contributed by atoms with Crippen molar-refractivity contribution in [3.63, 3.8) is 0 Å². The van der Waals surface area contributed by atoms with E-state index >= 15 is 0 Å². The third-order valence-corrected chi connectivity index (χ3v) is 2.54. The molecule has 0 aromatic carbocycles. The molecule has 0 unspecified atom stereocenters. The smallest absolute Gasteiger partial charge is 0.407 e. The normalized spacial score (nSPS) is 23.0. The topological polar surface area (TPSA) is 38.3 Å². The lowest BCUT2D eigenvalue weighted by atomic mass is 10.1. The summed E-state index contributed by atoms with van der Waals surface area (Å²) in [6.07, 6.45) is 0.519. The van der Waals surface area contributed by atoms with Crippen molar-refractivity contribution >= 4 is 17.4 Å². The Morgan fingerprint density at radius 3 is 3.25 bits per heavy atom. The van der Waals surface area contributed by atoms with Crippen LogP contribution in [0.3, 0.4) is 0 Å². The molecule has 1 amide bonds. The maximum atomic E-state index is 10.8. The van der Waals surface area contributed by atoms with E-state index in [1.807, 2.05) is 16.8 Å². The highest BCUT2D eigenvalue weighted by Crippen LogP contribution is 2.24. The summed E-state index contributed by atoms with van der Waals surface area (Å²) in [5, 5.41) is 6.62. The first kappa shape index (κ1) is 7.61. The van der Waals surface area contributed by atoms with Gasteiger partial charge in [-0.1, -0.05) is 0 Å². The summed E-state index contributed by atoms with van der Waals surface area (Å²) in [7, 11) is 0. The Kier molecular flexibility index (Phi) is 1.99. The van der Waals surface area contributed by atoms with Crippen LogP contribution in [0.15, 0.2) is 16.8 Å². The lowest BCUT2D eigenvalue weighted by Crippen LogP contribution is -2.33.